The number of hydrogen-bond donors (Lipinski definition) is 1. The van der Waals surface area contributed by atoms with Crippen LogP contribution in [0.15, 0.2) is 60.7 Å². The van der Waals surface area contributed by atoms with Gasteiger partial charge in [0.2, 0.25) is 15.9 Å². The van der Waals surface area contributed by atoms with Crippen molar-refractivity contribution in [3.63, 3.8) is 0 Å². The molecule has 0 aliphatic carbocycles. The van der Waals surface area contributed by atoms with Crippen molar-refractivity contribution in [3.8, 4) is 0 Å². The molecule has 2 aromatic carbocycles. The lowest BCUT2D eigenvalue weighted by atomic mass is 9.90. The Morgan fingerprint density at radius 1 is 0.962 bits per heavy atom. The van der Waals surface area contributed by atoms with Crippen molar-refractivity contribution in [2.75, 3.05) is 25.9 Å². The van der Waals surface area contributed by atoms with Crippen molar-refractivity contribution < 1.29 is 13.2 Å². The number of benzene rings is 2. The molecule has 0 aliphatic heterocycles. The van der Waals surface area contributed by atoms with Crippen LogP contribution in [0.4, 0.5) is 0 Å². The Morgan fingerprint density at radius 2 is 1.46 bits per heavy atom. The Balaban J connectivity index is 2.10. The molecule has 0 spiro atoms. The van der Waals surface area contributed by atoms with Crippen molar-refractivity contribution in [1.29, 1.82) is 0 Å². The first-order chi connectivity index (χ1) is 12.4. The number of nitrogens with zero attached hydrogens (tertiary/aromatic N) is 1. The summed E-state index contributed by atoms with van der Waals surface area (Å²) in [4.78, 5) is 12.9. The smallest absolute Gasteiger partial charge is 0.232 e. The summed E-state index contributed by atoms with van der Waals surface area (Å²) in [5.41, 5.74) is 1.81. The van der Waals surface area contributed by atoms with Crippen molar-refractivity contribution >= 4 is 15.9 Å². The minimum absolute atomic E-state index is 0.132. The van der Waals surface area contributed by atoms with Crippen LogP contribution in [0, 0.1) is 0 Å². The maximum absolute atomic E-state index is 12.9. The highest BCUT2D eigenvalue weighted by Gasteiger charge is 2.23. The van der Waals surface area contributed by atoms with E-state index in [4.69, 9.17) is 0 Å². The van der Waals surface area contributed by atoms with Crippen molar-refractivity contribution in [2.45, 2.75) is 19.3 Å². The summed E-state index contributed by atoms with van der Waals surface area (Å²) >= 11 is 0. The Kier molecular flexibility index (Phi) is 7.36. The first-order valence-electron chi connectivity index (χ1n) is 8.76. The van der Waals surface area contributed by atoms with E-state index in [2.05, 4.69) is 5.32 Å². The summed E-state index contributed by atoms with van der Waals surface area (Å²) in [6.07, 6.45) is 1.93. The molecule has 0 aliphatic rings. The minimum atomic E-state index is -3.27. The topological polar surface area (TPSA) is 66.5 Å². The SMILES string of the molecule is CCCN(CCNC(=O)C(c1ccccc1)c1ccccc1)S(C)(=O)=O. The summed E-state index contributed by atoms with van der Waals surface area (Å²) in [5.74, 6) is -0.553. The fraction of sp³-hybridized carbons (Fsp3) is 0.350. The summed E-state index contributed by atoms with van der Waals surface area (Å²) in [7, 11) is -3.27. The van der Waals surface area contributed by atoms with Gasteiger partial charge >= 0.3 is 0 Å². The van der Waals surface area contributed by atoms with Gasteiger partial charge in [0.25, 0.3) is 0 Å². The molecule has 2 aromatic rings. The van der Waals surface area contributed by atoms with E-state index in [1.807, 2.05) is 67.6 Å². The average Bonchev–Trinajstić information content (AvgIpc) is 2.62. The van der Waals surface area contributed by atoms with Gasteiger partial charge in [-0.15, -0.1) is 0 Å². The van der Waals surface area contributed by atoms with E-state index < -0.39 is 15.9 Å². The minimum Gasteiger partial charge on any atom is -0.354 e. The second kappa shape index (κ2) is 9.50. The zero-order valence-electron chi connectivity index (χ0n) is 15.3. The third-order valence-corrected chi connectivity index (χ3v) is 5.43. The molecule has 140 valence electrons. The van der Waals surface area contributed by atoms with Crippen LogP contribution in [0.5, 0.6) is 0 Å². The molecule has 0 heterocycles. The van der Waals surface area contributed by atoms with Crippen molar-refractivity contribution in [1.82, 2.24) is 9.62 Å². The van der Waals surface area contributed by atoms with E-state index in [0.29, 0.717) is 6.54 Å². The summed E-state index contributed by atoms with van der Waals surface area (Å²) in [5, 5.41) is 2.90. The molecule has 0 unspecified atom stereocenters. The standard InChI is InChI=1S/C20H26N2O3S/c1-3-15-22(26(2,24)25)16-14-21-20(23)19(17-10-6-4-7-11-17)18-12-8-5-9-13-18/h4-13,19H,3,14-16H2,1-2H3,(H,21,23). The molecule has 0 fully saturated rings. The normalized spacial score (nSPS) is 11.7. The van der Waals surface area contributed by atoms with Crippen LogP contribution in [0.25, 0.3) is 0 Å². The second-order valence-electron chi connectivity index (χ2n) is 6.21. The highest BCUT2D eigenvalue weighted by Crippen LogP contribution is 2.24. The van der Waals surface area contributed by atoms with E-state index in [1.54, 1.807) is 0 Å². The highest BCUT2D eigenvalue weighted by molar-refractivity contribution is 7.88. The van der Waals surface area contributed by atoms with Crippen LogP contribution in [-0.4, -0.2) is 44.5 Å². The molecular weight excluding hydrogens is 348 g/mol. The van der Waals surface area contributed by atoms with Crippen LogP contribution in [-0.2, 0) is 14.8 Å². The number of nitrogens with one attached hydrogen (secondary N) is 1. The molecule has 2 rings (SSSR count). The zero-order chi connectivity index (χ0) is 19.0. The largest absolute Gasteiger partial charge is 0.354 e. The Labute approximate surface area is 156 Å². The Hall–Kier alpha value is -2.18. The molecule has 1 N–H and O–H groups in total. The van der Waals surface area contributed by atoms with Gasteiger partial charge in [-0.05, 0) is 17.5 Å². The summed E-state index contributed by atoms with van der Waals surface area (Å²) < 4.78 is 25.0. The van der Waals surface area contributed by atoms with Gasteiger partial charge in [0.1, 0.15) is 0 Å². The maximum atomic E-state index is 12.9. The average molecular weight is 375 g/mol. The lowest BCUT2D eigenvalue weighted by Gasteiger charge is -2.21. The van der Waals surface area contributed by atoms with Gasteiger partial charge in [-0.3, -0.25) is 4.79 Å². The summed E-state index contributed by atoms with van der Waals surface area (Å²) in [6, 6.07) is 19.2. The molecule has 0 saturated carbocycles. The number of rotatable bonds is 9. The molecule has 1 amide bonds. The van der Waals surface area contributed by atoms with Gasteiger partial charge in [-0.2, -0.15) is 0 Å². The van der Waals surface area contributed by atoms with E-state index in [1.165, 1.54) is 10.6 Å². The fourth-order valence-electron chi connectivity index (χ4n) is 2.88. The fourth-order valence-corrected chi connectivity index (χ4v) is 3.82. The Bertz CT molecular complexity index is 753. The van der Waals surface area contributed by atoms with Gasteiger partial charge in [0.05, 0.1) is 12.2 Å². The van der Waals surface area contributed by atoms with Crippen molar-refractivity contribution in [3.05, 3.63) is 71.8 Å². The van der Waals surface area contributed by atoms with E-state index >= 15 is 0 Å². The summed E-state index contributed by atoms with van der Waals surface area (Å²) in [6.45, 7) is 2.93. The predicted octanol–water partition coefficient (Wildman–Crippen LogP) is 2.61. The predicted molar refractivity (Wildman–Crippen MR) is 104 cm³/mol. The third-order valence-electron chi connectivity index (χ3n) is 4.13. The van der Waals surface area contributed by atoms with Crippen molar-refractivity contribution in [2.24, 2.45) is 0 Å². The first kappa shape index (κ1) is 20.1. The van der Waals surface area contributed by atoms with Crippen LogP contribution in [0.3, 0.4) is 0 Å². The number of amides is 1. The highest BCUT2D eigenvalue weighted by atomic mass is 32.2. The monoisotopic (exact) mass is 374 g/mol. The number of carbonyl (C=O) groups is 1. The van der Waals surface area contributed by atoms with Crippen LogP contribution in [0.1, 0.15) is 30.4 Å². The van der Waals surface area contributed by atoms with Gasteiger partial charge in [-0.25, -0.2) is 12.7 Å². The number of sulfonamides is 1. The van der Waals surface area contributed by atoms with E-state index in [-0.39, 0.29) is 19.0 Å². The van der Waals surface area contributed by atoms with Gasteiger partial charge in [-0.1, -0.05) is 67.6 Å². The molecule has 0 bridgehead atoms. The van der Waals surface area contributed by atoms with Crippen LogP contribution >= 0.6 is 0 Å². The van der Waals surface area contributed by atoms with Gasteiger partial charge in [0, 0.05) is 19.6 Å². The molecule has 0 radical (unpaired) electrons. The van der Waals surface area contributed by atoms with E-state index in [9.17, 15) is 13.2 Å². The molecular formula is C20H26N2O3S. The number of carbonyl (C=O) groups excluding carboxylic acids is 1. The quantitative estimate of drug-likeness (QED) is 0.734. The Morgan fingerprint density at radius 3 is 1.88 bits per heavy atom. The number of hydrogen-bond acceptors (Lipinski definition) is 3. The molecule has 26 heavy (non-hydrogen) atoms. The lowest BCUT2D eigenvalue weighted by Crippen LogP contribution is -2.40. The second-order valence-corrected chi connectivity index (χ2v) is 8.19. The first-order valence-corrected chi connectivity index (χ1v) is 10.6. The van der Waals surface area contributed by atoms with Crippen LogP contribution in [0.2, 0.25) is 0 Å². The van der Waals surface area contributed by atoms with E-state index in [0.717, 1.165) is 17.5 Å². The molecule has 0 aromatic heterocycles. The molecule has 0 atom stereocenters. The molecule has 0 saturated heterocycles. The molecule has 5 nitrogen and oxygen atoms in total. The van der Waals surface area contributed by atoms with Gasteiger partial charge in [0.15, 0.2) is 0 Å². The van der Waals surface area contributed by atoms with Gasteiger partial charge < -0.3 is 5.32 Å². The zero-order valence-corrected chi connectivity index (χ0v) is 16.1. The maximum Gasteiger partial charge on any atom is 0.232 e. The third kappa shape index (κ3) is 5.68. The molecule has 6 heteroatoms. The van der Waals surface area contributed by atoms with Crippen LogP contribution < -0.4 is 5.32 Å². The lowest BCUT2D eigenvalue weighted by molar-refractivity contribution is -0.121.